The fourth-order valence-corrected chi connectivity index (χ4v) is 1.52. The molecule has 0 aliphatic carbocycles. The minimum Gasteiger partial charge on any atom is -0.309 e. The minimum atomic E-state index is 0.718. The Morgan fingerprint density at radius 3 is 3.00 bits per heavy atom. The Hall–Kier alpha value is -0.490. The zero-order valence-corrected chi connectivity index (χ0v) is 7.72. The molecule has 1 aromatic rings. The van der Waals surface area contributed by atoms with Crippen molar-refractivity contribution >= 4 is 22.9 Å². The summed E-state index contributed by atoms with van der Waals surface area (Å²) in [4.78, 5) is 1.02. The minimum absolute atomic E-state index is 0.718. The van der Waals surface area contributed by atoms with Crippen LogP contribution in [0.3, 0.4) is 0 Å². The van der Waals surface area contributed by atoms with Gasteiger partial charge in [-0.05, 0) is 19.2 Å². The molecule has 0 atom stereocenters. The van der Waals surface area contributed by atoms with Crippen molar-refractivity contribution < 1.29 is 0 Å². The van der Waals surface area contributed by atoms with E-state index in [9.17, 15) is 0 Å². The van der Waals surface area contributed by atoms with Gasteiger partial charge >= 0.3 is 0 Å². The van der Waals surface area contributed by atoms with E-state index < -0.39 is 0 Å². The predicted octanol–water partition coefficient (Wildman–Crippen LogP) is 1.97. The van der Waals surface area contributed by atoms with Gasteiger partial charge in [0.1, 0.15) is 0 Å². The summed E-state index contributed by atoms with van der Waals surface area (Å²) in [6.07, 6.45) is 0. The van der Waals surface area contributed by atoms with Crippen LogP contribution in [0.5, 0.6) is 0 Å². The highest BCUT2D eigenvalue weighted by atomic mass is 35.5. The maximum atomic E-state index is 5.71. The van der Waals surface area contributed by atoms with Crippen LogP contribution < -0.4 is 5.32 Å². The van der Waals surface area contributed by atoms with Crippen molar-refractivity contribution in [3.63, 3.8) is 0 Å². The van der Waals surface area contributed by atoms with E-state index in [0.29, 0.717) is 0 Å². The van der Waals surface area contributed by atoms with Crippen molar-refractivity contribution in [3.05, 3.63) is 21.3 Å². The highest BCUT2D eigenvalue weighted by molar-refractivity contribution is 7.16. The van der Waals surface area contributed by atoms with Crippen LogP contribution >= 0.6 is 22.9 Å². The molecule has 0 aromatic carbocycles. The van der Waals surface area contributed by atoms with Gasteiger partial charge in [0, 0.05) is 0 Å². The van der Waals surface area contributed by atoms with E-state index in [-0.39, 0.29) is 0 Å². The first-order valence-corrected chi connectivity index (χ1v) is 4.41. The molecule has 0 fully saturated rings. The first-order chi connectivity index (χ1) is 5.33. The second-order valence-electron chi connectivity index (χ2n) is 1.94. The normalized spacial score (nSPS) is 8.91. The molecule has 1 N–H and O–H groups in total. The van der Waals surface area contributed by atoms with E-state index in [0.717, 1.165) is 15.8 Å². The van der Waals surface area contributed by atoms with Crippen molar-refractivity contribution in [3.8, 4) is 11.8 Å². The van der Waals surface area contributed by atoms with E-state index in [1.54, 1.807) is 0 Å². The molecular formula is C8H8ClNS. The predicted molar refractivity (Wildman–Crippen MR) is 50.1 cm³/mol. The summed E-state index contributed by atoms with van der Waals surface area (Å²) >= 11 is 7.21. The van der Waals surface area contributed by atoms with Crippen LogP contribution in [0.2, 0.25) is 4.34 Å². The first kappa shape index (κ1) is 8.61. The molecule has 1 aromatic heterocycles. The standard InChI is InChI=1S/C8H8ClNS/c1-10-6-2-3-7-4-5-8(9)11-7/h4-5,10H,6H2,1H3. The number of nitrogens with one attached hydrogen (secondary N) is 1. The summed E-state index contributed by atoms with van der Waals surface area (Å²) in [6.45, 7) is 0.718. The van der Waals surface area contributed by atoms with E-state index in [2.05, 4.69) is 17.2 Å². The van der Waals surface area contributed by atoms with E-state index >= 15 is 0 Å². The third-order valence-corrected chi connectivity index (χ3v) is 2.20. The lowest BCUT2D eigenvalue weighted by Gasteiger charge is -1.81. The summed E-state index contributed by atoms with van der Waals surface area (Å²) in [6, 6.07) is 3.78. The molecule has 0 spiro atoms. The lowest BCUT2D eigenvalue weighted by atomic mass is 10.4. The number of halogens is 1. The molecule has 0 unspecified atom stereocenters. The van der Waals surface area contributed by atoms with Gasteiger partial charge in [-0.1, -0.05) is 23.4 Å². The van der Waals surface area contributed by atoms with E-state index in [1.165, 1.54) is 11.3 Å². The number of hydrogen-bond donors (Lipinski definition) is 1. The maximum absolute atomic E-state index is 5.71. The molecule has 0 radical (unpaired) electrons. The van der Waals surface area contributed by atoms with Crippen LogP contribution in [0, 0.1) is 11.8 Å². The quantitative estimate of drug-likeness (QED) is 0.660. The summed E-state index contributed by atoms with van der Waals surface area (Å²) in [7, 11) is 1.87. The Bertz CT molecular complexity index is 282. The zero-order chi connectivity index (χ0) is 8.10. The largest absolute Gasteiger partial charge is 0.309 e. The molecule has 0 aliphatic rings. The van der Waals surface area contributed by atoms with Gasteiger partial charge in [-0.25, -0.2) is 0 Å². The second kappa shape index (κ2) is 4.40. The van der Waals surface area contributed by atoms with Gasteiger partial charge in [0.2, 0.25) is 0 Å². The Morgan fingerprint density at radius 1 is 1.64 bits per heavy atom. The van der Waals surface area contributed by atoms with Gasteiger partial charge in [-0.2, -0.15) is 0 Å². The molecule has 0 aliphatic heterocycles. The molecule has 1 rings (SSSR count). The fourth-order valence-electron chi connectivity index (χ4n) is 0.601. The van der Waals surface area contributed by atoms with Crippen LogP contribution in [0.25, 0.3) is 0 Å². The van der Waals surface area contributed by atoms with Crippen LogP contribution in [0.1, 0.15) is 4.88 Å². The summed E-state index contributed by atoms with van der Waals surface area (Å²) in [5, 5.41) is 2.94. The van der Waals surface area contributed by atoms with Gasteiger partial charge in [0.25, 0.3) is 0 Å². The Labute approximate surface area is 75.4 Å². The van der Waals surface area contributed by atoms with Crippen LogP contribution in [-0.2, 0) is 0 Å². The number of thiophene rings is 1. The molecular weight excluding hydrogens is 178 g/mol. The summed E-state index contributed by atoms with van der Waals surface area (Å²) < 4.78 is 0.791. The van der Waals surface area contributed by atoms with Gasteiger partial charge in [0.15, 0.2) is 0 Å². The van der Waals surface area contributed by atoms with Crippen LogP contribution in [-0.4, -0.2) is 13.6 Å². The summed E-state index contributed by atoms with van der Waals surface area (Å²) in [5.74, 6) is 5.94. The van der Waals surface area contributed by atoms with Gasteiger partial charge < -0.3 is 5.32 Å². The van der Waals surface area contributed by atoms with Gasteiger partial charge in [0.05, 0.1) is 15.8 Å². The molecule has 58 valence electrons. The monoisotopic (exact) mass is 185 g/mol. The Kier molecular flexibility index (Phi) is 3.44. The molecule has 0 saturated carbocycles. The Morgan fingerprint density at radius 2 is 2.45 bits per heavy atom. The molecule has 11 heavy (non-hydrogen) atoms. The highest BCUT2D eigenvalue weighted by Gasteiger charge is 1.90. The highest BCUT2D eigenvalue weighted by Crippen LogP contribution is 2.19. The van der Waals surface area contributed by atoms with Crippen molar-refractivity contribution in [2.45, 2.75) is 0 Å². The van der Waals surface area contributed by atoms with Gasteiger partial charge in [-0.3, -0.25) is 0 Å². The van der Waals surface area contributed by atoms with Crippen molar-refractivity contribution in [2.75, 3.05) is 13.6 Å². The Balaban J connectivity index is 2.59. The molecule has 1 nitrogen and oxygen atoms in total. The maximum Gasteiger partial charge on any atom is 0.0941 e. The molecule has 3 heteroatoms. The molecule has 1 heterocycles. The van der Waals surface area contributed by atoms with Crippen molar-refractivity contribution in [1.82, 2.24) is 5.32 Å². The smallest absolute Gasteiger partial charge is 0.0941 e. The van der Waals surface area contributed by atoms with E-state index in [1.807, 2.05) is 19.2 Å². The first-order valence-electron chi connectivity index (χ1n) is 3.22. The summed E-state index contributed by atoms with van der Waals surface area (Å²) in [5.41, 5.74) is 0. The van der Waals surface area contributed by atoms with Crippen molar-refractivity contribution in [2.24, 2.45) is 0 Å². The zero-order valence-electron chi connectivity index (χ0n) is 6.15. The van der Waals surface area contributed by atoms with Crippen LogP contribution in [0.4, 0.5) is 0 Å². The molecule has 0 bridgehead atoms. The third-order valence-electron chi connectivity index (χ3n) is 1.05. The number of hydrogen-bond acceptors (Lipinski definition) is 2. The lowest BCUT2D eigenvalue weighted by Crippen LogP contribution is -2.04. The SMILES string of the molecule is CNCC#Cc1ccc(Cl)s1. The number of rotatable bonds is 1. The second-order valence-corrected chi connectivity index (χ2v) is 3.65. The topological polar surface area (TPSA) is 12.0 Å². The van der Waals surface area contributed by atoms with Gasteiger partial charge in [-0.15, -0.1) is 11.3 Å². The average Bonchev–Trinajstić information content (AvgIpc) is 2.37. The van der Waals surface area contributed by atoms with Crippen LogP contribution in [0.15, 0.2) is 12.1 Å². The lowest BCUT2D eigenvalue weighted by molar-refractivity contribution is 0.938. The van der Waals surface area contributed by atoms with Crippen molar-refractivity contribution in [1.29, 1.82) is 0 Å². The third kappa shape index (κ3) is 2.94. The molecule has 0 saturated heterocycles. The average molecular weight is 186 g/mol. The van der Waals surface area contributed by atoms with E-state index in [4.69, 9.17) is 11.6 Å². The molecule has 0 amide bonds. The fraction of sp³-hybridized carbons (Fsp3) is 0.250.